The Morgan fingerprint density at radius 3 is 2.29 bits per heavy atom. The highest BCUT2D eigenvalue weighted by molar-refractivity contribution is 9.10. The number of hydrogen-bond acceptors (Lipinski definition) is 2. The summed E-state index contributed by atoms with van der Waals surface area (Å²) in [5.41, 5.74) is -0.0819. The maximum atomic E-state index is 13.3. The molecule has 0 aromatic heterocycles. The number of anilines is 1. The van der Waals surface area contributed by atoms with Crippen LogP contribution in [0, 0.1) is 11.6 Å². The topological polar surface area (TPSA) is 21.3 Å². The molecule has 1 N–H and O–H groups in total. The molecule has 0 atom stereocenters. The molecule has 2 nitrogen and oxygen atoms in total. The molecular formula is C9H8BrF2NO. The average Bonchev–Trinajstić information content (AvgIpc) is 1.98. The van der Waals surface area contributed by atoms with Gasteiger partial charge in [0.1, 0.15) is 17.3 Å². The molecule has 5 heteroatoms. The highest BCUT2D eigenvalue weighted by Crippen LogP contribution is 2.25. The van der Waals surface area contributed by atoms with E-state index in [-0.39, 0.29) is 11.7 Å². The van der Waals surface area contributed by atoms with E-state index in [1.807, 2.05) is 0 Å². The zero-order chi connectivity index (χ0) is 10.1. The average molecular weight is 264 g/mol. The molecule has 2 rings (SSSR count). The van der Waals surface area contributed by atoms with E-state index in [1.165, 1.54) is 12.1 Å². The molecule has 0 bridgehead atoms. The van der Waals surface area contributed by atoms with Crippen LogP contribution in [0.5, 0.6) is 0 Å². The van der Waals surface area contributed by atoms with Crippen molar-refractivity contribution >= 4 is 21.6 Å². The van der Waals surface area contributed by atoms with Gasteiger partial charge in [0.05, 0.1) is 19.3 Å². The Labute approximate surface area is 88.4 Å². The standard InChI is InChI=1S/C9H8BrF2NO/c10-5-1-7(11)9(8(12)2-5)13-6-3-14-4-6/h1-2,6,13H,3-4H2. The molecule has 1 aliphatic rings. The lowest BCUT2D eigenvalue weighted by Gasteiger charge is -2.28. The van der Waals surface area contributed by atoms with Crippen LogP contribution in [0.4, 0.5) is 14.5 Å². The van der Waals surface area contributed by atoms with Crippen LogP contribution in [-0.2, 0) is 4.74 Å². The van der Waals surface area contributed by atoms with E-state index in [0.29, 0.717) is 17.7 Å². The third-order valence-corrected chi connectivity index (χ3v) is 2.45. The molecule has 1 saturated heterocycles. The first-order chi connectivity index (χ1) is 6.66. The highest BCUT2D eigenvalue weighted by Gasteiger charge is 2.21. The maximum Gasteiger partial charge on any atom is 0.150 e. The normalized spacial score (nSPS) is 16.5. The molecule has 14 heavy (non-hydrogen) atoms. The summed E-state index contributed by atoms with van der Waals surface area (Å²) in [6, 6.07) is 2.47. The zero-order valence-corrected chi connectivity index (χ0v) is 8.77. The molecule has 1 aromatic rings. The second kappa shape index (κ2) is 3.82. The number of rotatable bonds is 2. The van der Waals surface area contributed by atoms with Crippen molar-refractivity contribution in [2.45, 2.75) is 6.04 Å². The van der Waals surface area contributed by atoms with Gasteiger partial charge in [0, 0.05) is 4.47 Å². The van der Waals surface area contributed by atoms with Gasteiger partial charge in [-0.1, -0.05) is 15.9 Å². The summed E-state index contributed by atoms with van der Waals surface area (Å²) < 4.78 is 31.8. The lowest BCUT2D eigenvalue weighted by molar-refractivity contribution is 0.0208. The van der Waals surface area contributed by atoms with E-state index in [4.69, 9.17) is 4.74 Å². The molecule has 1 aliphatic heterocycles. The largest absolute Gasteiger partial charge is 0.377 e. The molecule has 0 amide bonds. The molecule has 76 valence electrons. The fourth-order valence-electron chi connectivity index (χ4n) is 1.20. The van der Waals surface area contributed by atoms with Crippen LogP contribution in [0.3, 0.4) is 0 Å². The highest BCUT2D eigenvalue weighted by atomic mass is 79.9. The molecule has 0 unspecified atom stereocenters. The summed E-state index contributed by atoms with van der Waals surface area (Å²) in [5.74, 6) is -1.19. The van der Waals surface area contributed by atoms with Crippen molar-refractivity contribution in [1.29, 1.82) is 0 Å². The minimum absolute atomic E-state index is 0.0141. The Balaban J connectivity index is 2.22. The monoisotopic (exact) mass is 263 g/mol. The van der Waals surface area contributed by atoms with Gasteiger partial charge < -0.3 is 10.1 Å². The van der Waals surface area contributed by atoms with E-state index in [2.05, 4.69) is 21.2 Å². The van der Waals surface area contributed by atoms with Crippen molar-refractivity contribution < 1.29 is 13.5 Å². The molecule has 0 spiro atoms. The first kappa shape index (κ1) is 9.86. The Morgan fingerprint density at radius 2 is 1.86 bits per heavy atom. The van der Waals surface area contributed by atoms with E-state index in [9.17, 15) is 8.78 Å². The van der Waals surface area contributed by atoms with Crippen molar-refractivity contribution in [3.05, 3.63) is 28.2 Å². The second-order valence-electron chi connectivity index (χ2n) is 3.12. The Bertz CT molecular complexity index is 332. The predicted octanol–water partition coefficient (Wildman–Crippen LogP) is 2.54. The fourth-order valence-corrected chi connectivity index (χ4v) is 1.61. The molecule has 1 aromatic carbocycles. The van der Waals surface area contributed by atoms with Gasteiger partial charge in [0.2, 0.25) is 0 Å². The van der Waals surface area contributed by atoms with Crippen molar-refractivity contribution in [2.75, 3.05) is 18.5 Å². The van der Waals surface area contributed by atoms with Gasteiger partial charge in [0.15, 0.2) is 0 Å². The van der Waals surface area contributed by atoms with Crippen LogP contribution in [0.15, 0.2) is 16.6 Å². The summed E-state index contributed by atoms with van der Waals surface area (Å²) >= 11 is 3.01. The second-order valence-corrected chi connectivity index (χ2v) is 4.04. The summed E-state index contributed by atoms with van der Waals surface area (Å²) in [6.45, 7) is 0.990. The SMILES string of the molecule is Fc1cc(Br)cc(F)c1NC1COC1. The zero-order valence-electron chi connectivity index (χ0n) is 7.19. The van der Waals surface area contributed by atoms with Gasteiger partial charge in [-0.3, -0.25) is 0 Å². The van der Waals surface area contributed by atoms with Crippen LogP contribution in [-0.4, -0.2) is 19.3 Å². The van der Waals surface area contributed by atoms with E-state index < -0.39 is 11.6 Å². The van der Waals surface area contributed by atoms with E-state index >= 15 is 0 Å². The van der Waals surface area contributed by atoms with E-state index in [1.54, 1.807) is 0 Å². The van der Waals surface area contributed by atoms with Gasteiger partial charge in [-0.2, -0.15) is 0 Å². The molecule has 1 heterocycles. The van der Waals surface area contributed by atoms with Crippen LogP contribution in [0.1, 0.15) is 0 Å². The minimum atomic E-state index is -0.594. The molecule has 0 radical (unpaired) electrons. The first-order valence-electron chi connectivity index (χ1n) is 4.15. The number of hydrogen-bond donors (Lipinski definition) is 1. The Hall–Kier alpha value is -0.680. The fraction of sp³-hybridized carbons (Fsp3) is 0.333. The van der Waals surface area contributed by atoms with Gasteiger partial charge in [-0.25, -0.2) is 8.78 Å². The quantitative estimate of drug-likeness (QED) is 0.886. The smallest absolute Gasteiger partial charge is 0.150 e. The third-order valence-electron chi connectivity index (χ3n) is 1.99. The van der Waals surface area contributed by atoms with Gasteiger partial charge in [-0.15, -0.1) is 0 Å². The van der Waals surface area contributed by atoms with Crippen LogP contribution < -0.4 is 5.32 Å². The molecular weight excluding hydrogens is 256 g/mol. The van der Waals surface area contributed by atoms with Gasteiger partial charge >= 0.3 is 0 Å². The van der Waals surface area contributed by atoms with Crippen LogP contribution in [0.2, 0.25) is 0 Å². The van der Waals surface area contributed by atoms with Crippen LogP contribution in [0.25, 0.3) is 0 Å². The first-order valence-corrected chi connectivity index (χ1v) is 4.95. The van der Waals surface area contributed by atoms with Crippen molar-refractivity contribution in [1.82, 2.24) is 0 Å². The third kappa shape index (κ3) is 1.88. The van der Waals surface area contributed by atoms with Crippen LogP contribution >= 0.6 is 15.9 Å². The Morgan fingerprint density at radius 1 is 1.29 bits per heavy atom. The summed E-state index contributed by atoms with van der Waals surface area (Å²) in [4.78, 5) is 0. The van der Waals surface area contributed by atoms with Crippen molar-refractivity contribution in [3.63, 3.8) is 0 Å². The van der Waals surface area contributed by atoms with Gasteiger partial charge in [0.25, 0.3) is 0 Å². The summed E-state index contributed by atoms with van der Waals surface area (Å²) in [7, 11) is 0. The van der Waals surface area contributed by atoms with Crippen molar-refractivity contribution in [2.24, 2.45) is 0 Å². The van der Waals surface area contributed by atoms with Gasteiger partial charge in [-0.05, 0) is 12.1 Å². The molecule has 1 fully saturated rings. The van der Waals surface area contributed by atoms with Crippen molar-refractivity contribution in [3.8, 4) is 0 Å². The minimum Gasteiger partial charge on any atom is -0.377 e. The summed E-state index contributed by atoms with van der Waals surface area (Å²) in [5, 5.41) is 2.75. The number of nitrogens with one attached hydrogen (secondary N) is 1. The Kier molecular flexibility index (Phi) is 2.69. The lowest BCUT2D eigenvalue weighted by Crippen LogP contribution is -2.40. The predicted molar refractivity (Wildman–Crippen MR) is 52.3 cm³/mol. The summed E-state index contributed by atoms with van der Waals surface area (Å²) in [6.07, 6.45) is 0. The maximum absolute atomic E-state index is 13.3. The molecule has 0 saturated carbocycles. The number of benzene rings is 1. The number of halogens is 3. The lowest BCUT2D eigenvalue weighted by atomic mass is 10.2. The number of ether oxygens (including phenoxy) is 1. The molecule has 0 aliphatic carbocycles. The van der Waals surface area contributed by atoms with E-state index in [0.717, 1.165) is 0 Å².